The lowest BCUT2D eigenvalue weighted by Crippen LogP contribution is -1.90. The normalized spacial score (nSPS) is 11.1. The van der Waals surface area contributed by atoms with Gasteiger partial charge in [-0.1, -0.05) is 23.7 Å². The van der Waals surface area contributed by atoms with Crippen LogP contribution in [0.3, 0.4) is 0 Å². The molecule has 0 saturated heterocycles. The Bertz CT molecular complexity index is 737. The molecular weight excluding hydrogens is 258 g/mol. The van der Waals surface area contributed by atoms with Crippen molar-refractivity contribution in [2.24, 2.45) is 0 Å². The summed E-state index contributed by atoms with van der Waals surface area (Å²) in [6, 6.07) is 9.18. The van der Waals surface area contributed by atoms with Crippen molar-refractivity contribution in [3.05, 3.63) is 53.1 Å². The number of aromatic nitrogens is 2. The van der Waals surface area contributed by atoms with Crippen LogP contribution in [-0.2, 0) is 0 Å². The van der Waals surface area contributed by atoms with Crippen LogP contribution in [0.25, 0.3) is 22.4 Å². The lowest BCUT2D eigenvalue weighted by Gasteiger charge is -1.99. The van der Waals surface area contributed by atoms with Crippen molar-refractivity contribution in [3.63, 3.8) is 0 Å². The maximum absolute atomic E-state index is 13.6. The lowest BCUT2D eigenvalue weighted by molar-refractivity contribution is 0.510. The van der Waals surface area contributed by atoms with Crippen LogP contribution in [0.4, 0.5) is 8.78 Å². The molecule has 2 nitrogen and oxygen atoms in total. The van der Waals surface area contributed by atoms with Crippen LogP contribution in [0.1, 0.15) is 0 Å². The third kappa shape index (κ3) is 1.66. The molecule has 0 radical (unpaired) electrons. The van der Waals surface area contributed by atoms with Crippen LogP contribution in [0.2, 0.25) is 5.02 Å². The van der Waals surface area contributed by atoms with Gasteiger partial charge in [0.25, 0.3) is 0 Å². The number of fused-ring (bicyclic) bond motifs is 1. The number of H-pyrrole nitrogens is 1. The zero-order valence-electron chi connectivity index (χ0n) is 9.05. The Morgan fingerprint density at radius 1 is 1.06 bits per heavy atom. The second-order valence-electron chi connectivity index (χ2n) is 3.82. The number of imidazole rings is 1. The molecule has 0 aliphatic rings. The third-order valence-corrected chi connectivity index (χ3v) is 2.98. The standard InChI is InChI=1S/C13H7ClF2N2/c14-8-4-2-6-10-12(8)18-13(17-10)7-3-1-5-9(15)11(7)16/h1-6H,(H,17,18). The largest absolute Gasteiger partial charge is 0.338 e. The van der Waals surface area contributed by atoms with Gasteiger partial charge in [0.1, 0.15) is 11.3 Å². The van der Waals surface area contributed by atoms with Gasteiger partial charge in [0.2, 0.25) is 0 Å². The van der Waals surface area contributed by atoms with Crippen molar-refractivity contribution >= 4 is 22.6 Å². The molecule has 0 unspecified atom stereocenters. The van der Waals surface area contributed by atoms with Crippen LogP contribution in [0.5, 0.6) is 0 Å². The summed E-state index contributed by atoms with van der Waals surface area (Å²) in [5.74, 6) is -1.57. The quantitative estimate of drug-likeness (QED) is 0.702. The molecule has 3 rings (SSSR count). The van der Waals surface area contributed by atoms with Crippen molar-refractivity contribution in [2.45, 2.75) is 0 Å². The van der Waals surface area contributed by atoms with Crippen LogP contribution < -0.4 is 0 Å². The van der Waals surface area contributed by atoms with E-state index in [1.165, 1.54) is 12.1 Å². The highest BCUT2D eigenvalue weighted by molar-refractivity contribution is 6.34. The fourth-order valence-electron chi connectivity index (χ4n) is 1.81. The van der Waals surface area contributed by atoms with E-state index in [0.717, 1.165) is 6.07 Å². The molecule has 1 aromatic heterocycles. The molecule has 0 spiro atoms. The predicted octanol–water partition coefficient (Wildman–Crippen LogP) is 4.16. The highest BCUT2D eigenvalue weighted by Crippen LogP contribution is 2.27. The lowest BCUT2D eigenvalue weighted by atomic mass is 10.2. The first-order valence-corrected chi connectivity index (χ1v) is 5.63. The van der Waals surface area contributed by atoms with Gasteiger partial charge in [-0.15, -0.1) is 0 Å². The maximum Gasteiger partial charge on any atom is 0.169 e. The van der Waals surface area contributed by atoms with E-state index in [9.17, 15) is 8.78 Å². The van der Waals surface area contributed by atoms with Gasteiger partial charge in [-0.3, -0.25) is 0 Å². The summed E-state index contributed by atoms with van der Waals surface area (Å²) < 4.78 is 26.8. The molecule has 1 heterocycles. The van der Waals surface area contributed by atoms with Crippen LogP contribution in [0.15, 0.2) is 36.4 Å². The van der Waals surface area contributed by atoms with Gasteiger partial charge >= 0.3 is 0 Å². The molecule has 3 aromatic rings. The monoisotopic (exact) mass is 264 g/mol. The third-order valence-electron chi connectivity index (χ3n) is 2.67. The van der Waals surface area contributed by atoms with E-state index in [2.05, 4.69) is 9.97 Å². The summed E-state index contributed by atoms with van der Waals surface area (Å²) >= 11 is 5.98. The molecule has 0 fully saturated rings. The molecule has 18 heavy (non-hydrogen) atoms. The van der Waals surface area contributed by atoms with Crippen LogP contribution in [0, 0.1) is 11.6 Å². The van der Waals surface area contributed by atoms with Gasteiger partial charge in [0.05, 0.1) is 16.1 Å². The smallest absolute Gasteiger partial charge is 0.169 e. The Kier molecular flexibility index (Phi) is 2.52. The zero-order chi connectivity index (χ0) is 12.7. The number of rotatable bonds is 1. The fraction of sp³-hybridized carbons (Fsp3) is 0. The molecule has 90 valence electrons. The van der Waals surface area contributed by atoms with Gasteiger partial charge in [0, 0.05) is 0 Å². The number of nitrogens with zero attached hydrogens (tertiary/aromatic N) is 1. The first-order chi connectivity index (χ1) is 8.66. The van der Waals surface area contributed by atoms with E-state index in [1.807, 2.05) is 0 Å². The summed E-state index contributed by atoms with van der Waals surface area (Å²) in [4.78, 5) is 7.11. The molecule has 0 bridgehead atoms. The number of halogens is 3. The Labute approximate surface area is 106 Å². The number of para-hydroxylation sites is 1. The second kappa shape index (κ2) is 4.07. The first-order valence-electron chi connectivity index (χ1n) is 5.25. The van der Waals surface area contributed by atoms with E-state index in [4.69, 9.17) is 11.6 Å². The minimum absolute atomic E-state index is 0.0854. The predicted molar refractivity (Wildman–Crippen MR) is 66.5 cm³/mol. The molecule has 1 N–H and O–H groups in total. The van der Waals surface area contributed by atoms with Gasteiger partial charge in [0.15, 0.2) is 11.6 Å². The molecule has 0 aliphatic carbocycles. The van der Waals surface area contributed by atoms with Crippen molar-refractivity contribution in [2.75, 3.05) is 0 Å². The average molecular weight is 265 g/mol. The van der Waals surface area contributed by atoms with E-state index in [1.54, 1.807) is 18.2 Å². The Balaban J connectivity index is 2.26. The SMILES string of the molecule is Fc1cccc(-c2nc3c(Cl)cccc3[nH]2)c1F. The molecule has 0 saturated carbocycles. The topological polar surface area (TPSA) is 28.7 Å². The highest BCUT2D eigenvalue weighted by Gasteiger charge is 2.14. The number of nitrogens with one attached hydrogen (secondary N) is 1. The van der Waals surface area contributed by atoms with Gasteiger partial charge in [-0.25, -0.2) is 13.8 Å². The summed E-state index contributed by atoms with van der Waals surface area (Å²) in [5, 5.41) is 0.465. The minimum Gasteiger partial charge on any atom is -0.338 e. The van der Waals surface area contributed by atoms with Gasteiger partial charge in [-0.05, 0) is 24.3 Å². The van der Waals surface area contributed by atoms with Gasteiger partial charge < -0.3 is 4.98 Å². The average Bonchev–Trinajstić information content (AvgIpc) is 2.78. The zero-order valence-corrected chi connectivity index (χ0v) is 9.80. The van der Waals surface area contributed by atoms with Crippen molar-refractivity contribution < 1.29 is 8.78 Å². The highest BCUT2D eigenvalue weighted by atomic mass is 35.5. The molecule has 5 heteroatoms. The van der Waals surface area contributed by atoms with Gasteiger partial charge in [-0.2, -0.15) is 0 Å². The minimum atomic E-state index is -0.923. The van der Waals surface area contributed by atoms with E-state index < -0.39 is 11.6 Å². The second-order valence-corrected chi connectivity index (χ2v) is 4.23. The molecule has 0 amide bonds. The number of hydrogen-bond acceptors (Lipinski definition) is 1. The first kappa shape index (κ1) is 11.2. The maximum atomic E-state index is 13.6. The molecule has 0 aliphatic heterocycles. The number of benzene rings is 2. The summed E-state index contributed by atoms with van der Waals surface area (Å²) in [7, 11) is 0. The Hall–Kier alpha value is -1.94. The van der Waals surface area contributed by atoms with Crippen molar-refractivity contribution in [3.8, 4) is 11.4 Å². The van der Waals surface area contributed by atoms with Crippen molar-refractivity contribution in [1.82, 2.24) is 9.97 Å². The number of aromatic amines is 1. The summed E-state index contributed by atoms with van der Waals surface area (Å²) in [5.41, 5.74) is 1.31. The summed E-state index contributed by atoms with van der Waals surface area (Å²) in [6.45, 7) is 0. The molecule has 2 aromatic carbocycles. The molecular formula is C13H7ClF2N2. The van der Waals surface area contributed by atoms with Crippen LogP contribution in [-0.4, -0.2) is 9.97 Å². The Morgan fingerprint density at radius 3 is 2.61 bits per heavy atom. The Morgan fingerprint density at radius 2 is 1.83 bits per heavy atom. The number of hydrogen-bond donors (Lipinski definition) is 1. The van der Waals surface area contributed by atoms with Crippen molar-refractivity contribution in [1.29, 1.82) is 0 Å². The van der Waals surface area contributed by atoms with E-state index in [0.29, 0.717) is 16.1 Å². The molecule has 0 atom stereocenters. The van der Waals surface area contributed by atoms with Crippen LogP contribution >= 0.6 is 11.6 Å². The van der Waals surface area contributed by atoms with E-state index in [-0.39, 0.29) is 11.4 Å². The summed E-state index contributed by atoms with van der Waals surface area (Å²) in [6.07, 6.45) is 0. The fourth-order valence-corrected chi connectivity index (χ4v) is 2.03. The van der Waals surface area contributed by atoms with E-state index >= 15 is 0 Å².